The van der Waals surface area contributed by atoms with Gasteiger partial charge in [-0.05, 0) is 30.7 Å². The standard InChI is InChI=1S/C18H19NO4/c20-17(19-15-8-3-1-4-9-15)14-23-18(21)12-7-13-22-16-10-5-2-6-11-16/h1-6,8-11H,7,12-14H2,(H,19,20). The van der Waals surface area contributed by atoms with Gasteiger partial charge in [0.05, 0.1) is 6.61 Å². The van der Waals surface area contributed by atoms with Gasteiger partial charge in [-0.2, -0.15) is 0 Å². The number of carbonyl (C=O) groups is 2. The summed E-state index contributed by atoms with van der Waals surface area (Å²) in [7, 11) is 0. The molecule has 2 aromatic rings. The second-order valence-corrected chi connectivity index (χ2v) is 4.84. The Kier molecular flexibility index (Phi) is 6.65. The first-order chi connectivity index (χ1) is 11.2. The smallest absolute Gasteiger partial charge is 0.306 e. The second-order valence-electron chi connectivity index (χ2n) is 4.84. The molecule has 5 nitrogen and oxygen atoms in total. The molecule has 0 bridgehead atoms. The highest BCUT2D eigenvalue weighted by Gasteiger charge is 2.07. The highest BCUT2D eigenvalue weighted by Crippen LogP contribution is 2.09. The SMILES string of the molecule is O=C(COC(=O)CCCOc1ccccc1)Nc1ccccc1. The Bertz CT molecular complexity index is 613. The number of nitrogens with one attached hydrogen (secondary N) is 1. The van der Waals surface area contributed by atoms with Crippen molar-refractivity contribution in [3.63, 3.8) is 0 Å². The average Bonchev–Trinajstić information content (AvgIpc) is 2.59. The monoisotopic (exact) mass is 313 g/mol. The Morgan fingerprint density at radius 3 is 2.26 bits per heavy atom. The van der Waals surface area contributed by atoms with E-state index in [4.69, 9.17) is 9.47 Å². The molecular weight excluding hydrogens is 294 g/mol. The number of carbonyl (C=O) groups excluding carboxylic acids is 2. The summed E-state index contributed by atoms with van der Waals surface area (Å²) in [6, 6.07) is 18.4. The van der Waals surface area contributed by atoms with Crippen LogP contribution in [0.4, 0.5) is 5.69 Å². The van der Waals surface area contributed by atoms with Crippen molar-refractivity contribution in [2.45, 2.75) is 12.8 Å². The molecule has 1 N–H and O–H groups in total. The van der Waals surface area contributed by atoms with E-state index in [0.29, 0.717) is 18.7 Å². The minimum absolute atomic E-state index is 0.214. The van der Waals surface area contributed by atoms with E-state index < -0.39 is 5.97 Å². The van der Waals surface area contributed by atoms with Crippen LogP contribution in [0, 0.1) is 0 Å². The molecule has 0 spiro atoms. The molecule has 0 saturated carbocycles. The Morgan fingerprint density at radius 1 is 0.913 bits per heavy atom. The van der Waals surface area contributed by atoms with E-state index in [1.54, 1.807) is 12.1 Å². The lowest BCUT2D eigenvalue weighted by atomic mass is 10.3. The van der Waals surface area contributed by atoms with Gasteiger partial charge in [0.25, 0.3) is 5.91 Å². The first-order valence-electron chi connectivity index (χ1n) is 7.42. The normalized spacial score (nSPS) is 9.91. The summed E-state index contributed by atoms with van der Waals surface area (Å²) in [5, 5.41) is 2.65. The molecule has 0 heterocycles. The number of ether oxygens (including phenoxy) is 2. The van der Waals surface area contributed by atoms with E-state index in [-0.39, 0.29) is 18.9 Å². The van der Waals surface area contributed by atoms with Crippen LogP contribution in [-0.4, -0.2) is 25.1 Å². The topological polar surface area (TPSA) is 64.6 Å². The third-order valence-corrected chi connectivity index (χ3v) is 2.96. The third kappa shape index (κ3) is 6.65. The lowest BCUT2D eigenvalue weighted by Gasteiger charge is -2.07. The average molecular weight is 313 g/mol. The maximum Gasteiger partial charge on any atom is 0.306 e. The molecule has 0 unspecified atom stereocenters. The van der Waals surface area contributed by atoms with Gasteiger partial charge in [-0.25, -0.2) is 0 Å². The van der Waals surface area contributed by atoms with E-state index in [9.17, 15) is 9.59 Å². The van der Waals surface area contributed by atoms with Gasteiger partial charge in [0, 0.05) is 12.1 Å². The third-order valence-electron chi connectivity index (χ3n) is 2.96. The summed E-state index contributed by atoms with van der Waals surface area (Å²) >= 11 is 0. The molecule has 2 rings (SSSR count). The lowest BCUT2D eigenvalue weighted by Crippen LogP contribution is -2.21. The molecule has 23 heavy (non-hydrogen) atoms. The first-order valence-corrected chi connectivity index (χ1v) is 7.42. The van der Waals surface area contributed by atoms with Gasteiger partial charge < -0.3 is 14.8 Å². The van der Waals surface area contributed by atoms with Crippen molar-refractivity contribution in [3.05, 3.63) is 60.7 Å². The number of rotatable bonds is 8. The zero-order valence-electron chi connectivity index (χ0n) is 12.7. The highest BCUT2D eigenvalue weighted by atomic mass is 16.5. The lowest BCUT2D eigenvalue weighted by molar-refractivity contribution is -0.147. The van der Waals surface area contributed by atoms with Crippen molar-refractivity contribution in [1.82, 2.24) is 0 Å². The van der Waals surface area contributed by atoms with E-state index in [2.05, 4.69) is 5.32 Å². The fraction of sp³-hybridized carbons (Fsp3) is 0.222. The number of hydrogen-bond donors (Lipinski definition) is 1. The Labute approximate surface area is 135 Å². The van der Waals surface area contributed by atoms with Crippen LogP contribution in [-0.2, 0) is 14.3 Å². The number of hydrogen-bond acceptors (Lipinski definition) is 4. The summed E-state index contributed by atoms with van der Waals surface area (Å²) < 4.78 is 10.4. The minimum Gasteiger partial charge on any atom is -0.494 e. The quantitative estimate of drug-likeness (QED) is 0.601. The molecule has 0 aliphatic heterocycles. The predicted molar refractivity (Wildman–Crippen MR) is 87.2 cm³/mol. The van der Waals surface area contributed by atoms with Crippen LogP contribution >= 0.6 is 0 Å². The molecule has 1 amide bonds. The number of anilines is 1. The van der Waals surface area contributed by atoms with Gasteiger partial charge in [-0.3, -0.25) is 9.59 Å². The summed E-state index contributed by atoms with van der Waals surface area (Å²) in [4.78, 5) is 23.2. The Morgan fingerprint density at radius 2 is 1.57 bits per heavy atom. The van der Waals surface area contributed by atoms with Gasteiger partial charge in [-0.15, -0.1) is 0 Å². The molecule has 0 saturated heterocycles. The molecule has 0 fully saturated rings. The van der Waals surface area contributed by atoms with E-state index in [1.165, 1.54) is 0 Å². The highest BCUT2D eigenvalue weighted by molar-refractivity contribution is 5.92. The van der Waals surface area contributed by atoms with E-state index in [0.717, 1.165) is 5.75 Å². The Balaban J connectivity index is 1.57. The molecule has 2 aromatic carbocycles. The van der Waals surface area contributed by atoms with Crippen LogP contribution in [0.15, 0.2) is 60.7 Å². The minimum atomic E-state index is -0.412. The van der Waals surface area contributed by atoms with Crippen LogP contribution in [0.1, 0.15) is 12.8 Å². The molecule has 0 aliphatic carbocycles. The molecule has 120 valence electrons. The molecule has 0 aromatic heterocycles. The fourth-order valence-electron chi connectivity index (χ4n) is 1.86. The summed E-state index contributed by atoms with van der Waals surface area (Å²) in [5.41, 5.74) is 0.671. The van der Waals surface area contributed by atoms with Crippen molar-refractivity contribution in [1.29, 1.82) is 0 Å². The first kappa shape index (κ1) is 16.5. The van der Waals surface area contributed by atoms with Crippen LogP contribution in [0.3, 0.4) is 0 Å². The largest absolute Gasteiger partial charge is 0.494 e. The van der Waals surface area contributed by atoms with Gasteiger partial charge in [0.1, 0.15) is 5.75 Å². The van der Waals surface area contributed by atoms with Crippen LogP contribution in [0.25, 0.3) is 0 Å². The molecular formula is C18H19NO4. The fourth-order valence-corrected chi connectivity index (χ4v) is 1.86. The van der Waals surface area contributed by atoms with Crippen molar-refractivity contribution < 1.29 is 19.1 Å². The van der Waals surface area contributed by atoms with Crippen LogP contribution < -0.4 is 10.1 Å². The predicted octanol–water partition coefficient (Wildman–Crippen LogP) is 3.03. The van der Waals surface area contributed by atoms with Crippen LogP contribution in [0.5, 0.6) is 5.75 Å². The van der Waals surface area contributed by atoms with Gasteiger partial charge >= 0.3 is 5.97 Å². The van der Waals surface area contributed by atoms with Crippen molar-refractivity contribution in [3.8, 4) is 5.75 Å². The van der Waals surface area contributed by atoms with Gasteiger partial charge in [0.15, 0.2) is 6.61 Å². The van der Waals surface area contributed by atoms with E-state index >= 15 is 0 Å². The zero-order chi connectivity index (χ0) is 16.3. The second kappa shape index (κ2) is 9.25. The van der Waals surface area contributed by atoms with Crippen LogP contribution in [0.2, 0.25) is 0 Å². The maximum atomic E-state index is 11.6. The van der Waals surface area contributed by atoms with Gasteiger partial charge in [0.2, 0.25) is 0 Å². The maximum absolute atomic E-state index is 11.6. The molecule has 0 aliphatic rings. The van der Waals surface area contributed by atoms with Crippen molar-refractivity contribution in [2.24, 2.45) is 0 Å². The van der Waals surface area contributed by atoms with Crippen molar-refractivity contribution >= 4 is 17.6 Å². The van der Waals surface area contributed by atoms with Crippen molar-refractivity contribution in [2.75, 3.05) is 18.5 Å². The van der Waals surface area contributed by atoms with Gasteiger partial charge in [-0.1, -0.05) is 36.4 Å². The number of esters is 1. The number of para-hydroxylation sites is 2. The summed E-state index contributed by atoms with van der Waals surface area (Å²) in [6.45, 7) is 0.141. The summed E-state index contributed by atoms with van der Waals surface area (Å²) in [5.74, 6) is -0.00179. The zero-order valence-corrected chi connectivity index (χ0v) is 12.7. The molecule has 0 radical (unpaired) electrons. The number of amides is 1. The molecule has 0 atom stereocenters. The number of benzene rings is 2. The summed E-state index contributed by atoms with van der Waals surface area (Å²) in [6.07, 6.45) is 0.749. The molecule has 5 heteroatoms. The Hall–Kier alpha value is -2.82. The van der Waals surface area contributed by atoms with E-state index in [1.807, 2.05) is 48.5 Å².